The standard InChI is InChI=1S/C25H34N4O3/c1-25(2,3)32-27(5)24(31)20-11-13-22(14-12-20)29(21-9-7-6-8-10-21)23(30)19-28-17-15-26(4)16-18-28/h6-14H,15-19H2,1-5H3. The Bertz CT molecular complexity index is 901. The van der Waals surface area contributed by atoms with Crippen molar-refractivity contribution in [2.75, 3.05) is 51.7 Å². The topological polar surface area (TPSA) is 56.3 Å². The number of hydrogen-bond acceptors (Lipinski definition) is 5. The third-order valence-corrected chi connectivity index (χ3v) is 5.29. The minimum absolute atomic E-state index is 0.00742. The van der Waals surface area contributed by atoms with Gasteiger partial charge in [-0.3, -0.25) is 24.2 Å². The molecule has 0 spiro atoms. The van der Waals surface area contributed by atoms with Gasteiger partial charge in [0.2, 0.25) is 5.91 Å². The fourth-order valence-electron chi connectivity index (χ4n) is 3.67. The molecule has 0 saturated carbocycles. The summed E-state index contributed by atoms with van der Waals surface area (Å²) in [4.78, 5) is 37.9. The molecule has 2 amide bonds. The number of anilines is 2. The number of likely N-dealkylation sites (N-methyl/N-ethyl adjacent to an activating group) is 1. The predicted octanol–water partition coefficient (Wildman–Crippen LogP) is 3.40. The third kappa shape index (κ3) is 6.38. The van der Waals surface area contributed by atoms with Crippen molar-refractivity contribution in [1.82, 2.24) is 14.9 Å². The van der Waals surface area contributed by atoms with Gasteiger partial charge in [0, 0.05) is 50.2 Å². The van der Waals surface area contributed by atoms with Gasteiger partial charge in [-0.05, 0) is 64.2 Å². The zero-order chi connectivity index (χ0) is 23.3. The highest BCUT2D eigenvalue weighted by molar-refractivity contribution is 6.02. The average Bonchev–Trinajstić information content (AvgIpc) is 2.75. The maximum atomic E-state index is 13.4. The summed E-state index contributed by atoms with van der Waals surface area (Å²) in [6.07, 6.45) is 0. The van der Waals surface area contributed by atoms with Crippen LogP contribution in [0.1, 0.15) is 31.1 Å². The largest absolute Gasteiger partial charge is 0.304 e. The van der Waals surface area contributed by atoms with Gasteiger partial charge in [0.05, 0.1) is 12.1 Å². The Morgan fingerprint density at radius 1 is 0.906 bits per heavy atom. The molecule has 0 radical (unpaired) electrons. The molecule has 0 N–H and O–H groups in total. The van der Waals surface area contributed by atoms with Crippen molar-refractivity contribution in [1.29, 1.82) is 0 Å². The molecule has 0 bridgehead atoms. The number of nitrogens with zero attached hydrogens (tertiary/aromatic N) is 4. The van der Waals surface area contributed by atoms with E-state index in [0.29, 0.717) is 12.1 Å². The zero-order valence-electron chi connectivity index (χ0n) is 19.7. The number of carbonyl (C=O) groups excluding carboxylic acids is 2. The van der Waals surface area contributed by atoms with E-state index in [4.69, 9.17) is 4.84 Å². The predicted molar refractivity (Wildman–Crippen MR) is 127 cm³/mol. The van der Waals surface area contributed by atoms with Crippen molar-refractivity contribution in [3.05, 3.63) is 60.2 Å². The number of piperazine rings is 1. The molecule has 2 aromatic rings. The van der Waals surface area contributed by atoms with Crippen LogP contribution in [0.5, 0.6) is 0 Å². The molecule has 1 heterocycles. The summed E-state index contributed by atoms with van der Waals surface area (Å²) >= 11 is 0. The van der Waals surface area contributed by atoms with Crippen LogP contribution in [0.25, 0.3) is 0 Å². The van der Waals surface area contributed by atoms with Gasteiger partial charge in [0.1, 0.15) is 0 Å². The molecule has 0 aromatic heterocycles. The van der Waals surface area contributed by atoms with Gasteiger partial charge in [0.25, 0.3) is 5.91 Å². The minimum atomic E-state index is -0.468. The fraction of sp³-hybridized carbons (Fsp3) is 0.440. The Balaban J connectivity index is 1.79. The van der Waals surface area contributed by atoms with Crippen LogP contribution in [0.2, 0.25) is 0 Å². The lowest BCUT2D eigenvalue weighted by Gasteiger charge is -2.33. The van der Waals surface area contributed by atoms with Gasteiger partial charge in [-0.25, -0.2) is 5.06 Å². The van der Waals surface area contributed by atoms with Crippen LogP contribution in [0.3, 0.4) is 0 Å². The lowest BCUT2D eigenvalue weighted by atomic mass is 10.1. The maximum Gasteiger partial charge on any atom is 0.277 e. The number of hydrogen-bond donors (Lipinski definition) is 0. The highest BCUT2D eigenvalue weighted by Gasteiger charge is 2.24. The highest BCUT2D eigenvalue weighted by atomic mass is 16.7. The normalized spacial score (nSPS) is 15.4. The molecule has 1 aliphatic heterocycles. The van der Waals surface area contributed by atoms with Crippen molar-refractivity contribution in [2.24, 2.45) is 0 Å². The molecule has 1 fully saturated rings. The van der Waals surface area contributed by atoms with E-state index in [1.165, 1.54) is 5.06 Å². The van der Waals surface area contributed by atoms with E-state index in [2.05, 4.69) is 16.8 Å². The summed E-state index contributed by atoms with van der Waals surface area (Å²) < 4.78 is 0. The number of para-hydroxylation sites is 1. The molecular formula is C25H34N4O3. The van der Waals surface area contributed by atoms with Crippen LogP contribution >= 0.6 is 0 Å². The molecule has 1 saturated heterocycles. The van der Waals surface area contributed by atoms with E-state index in [1.807, 2.05) is 63.2 Å². The Labute approximate surface area is 191 Å². The maximum absolute atomic E-state index is 13.4. The van der Waals surface area contributed by atoms with E-state index < -0.39 is 5.60 Å². The first-order chi connectivity index (χ1) is 15.1. The first-order valence-corrected chi connectivity index (χ1v) is 11.0. The first kappa shape index (κ1) is 23.9. The van der Waals surface area contributed by atoms with E-state index in [0.717, 1.165) is 37.6 Å². The molecule has 1 aliphatic rings. The number of amides is 2. The van der Waals surface area contributed by atoms with Gasteiger partial charge in [0.15, 0.2) is 0 Å². The summed E-state index contributed by atoms with van der Waals surface area (Å²) in [5.74, 6) is -0.227. The first-order valence-electron chi connectivity index (χ1n) is 11.0. The molecule has 0 unspecified atom stereocenters. The molecule has 32 heavy (non-hydrogen) atoms. The van der Waals surface area contributed by atoms with Crippen LogP contribution < -0.4 is 4.90 Å². The Kier molecular flexibility index (Phi) is 7.66. The lowest BCUT2D eigenvalue weighted by Crippen LogP contribution is -2.48. The Morgan fingerprint density at radius 3 is 2.03 bits per heavy atom. The minimum Gasteiger partial charge on any atom is -0.304 e. The molecular weight excluding hydrogens is 404 g/mol. The number of carbonyl (C=O) groups is 2. The summed E-state index contributed by atoms with van der Waals surface area (Å²) in [6, 6.07) is 16.7. The van der Waals surface area contributed by atoms with E-state index >= 15 is 0 Å². The summed E-state index contributed by atoms with van der Waals surface area (Å²) in [5.41, 5.74) is 1.56. The van der Waals surface area contributed by atoms with Crippen LogP contribution in [0.15, 0.2) is 54.6 Å². The van der Waals surface area contributed by atoms with E-state index in [1.54, 1.807) is 24.1 Å². The Hall–Kier alpha value is -2.74. The molecule has 0 atom stereocenters. The number of benzene rings is 2. The van der Waals surface area contributed by atoms with E-state index in [-0.39, 0.29) is 11.8 Å². The summed E-state index contributed by atoms with van der Waals surface area (Å²) in [7, 11) is 3.71. The van der Waals surface area contributed by atoms with Gasteiger partial charge in [-0.1, -0.05) is 18.2 Å². The van der Waals surface area contributed by atoms with Gasteiger partial charge in [-0.2, -0.15) is 0 Å². The van der Waals surface area contributed by atoms with Gasteiger partial charge in [-0.15, -0.1) is 0 Å². The molecule has 0 aliphatic carbocycles. The molecule has 172 valence electrons. The molecule has 7 nitrogen and oxygen atoms in total. The quantitative estimate of drug-likeness (QED) is 0.647. The lowest BCUT2D eigenvalue weighted by molar-refractivity contribution is -0.182. The summed E-state index contributed by atoms with van der Waals surface area (Å²) in [5, 5.41) is 1.25. The van der Waals surface area contributed by atoms with Crippen LogP contribution in [0, 0.1) is 0 Å². The van der Waals surface area contributed by atoms with Crippen molar-refractivity contribution in [2.45, 2.75) is 26.4 Å². The van der Waals surface area contributed by atoms with Crippen LogP contribution in [0.4, 0.5) is 11.4 Å². The fourth-order valence-corrected chi connectivity index (χ4v) is 3.67. The van der Waals surface area contributed by atoms with Crippen molar-refractivity contribution in [3.8, 4) is 0 Å². The second kappa shape index (κ2) is 10.3. The monoisotopic (exact) mass is 438 g/mol. The zero-order valence-corrected chi connectivity index (χ0v) is 19.7. The molecule has 3 rings (SSSR count). The van der Waals surface area contributed by atoms with Crippen LogP contribution in [-0.2, 0) is 9.63 Å². The molecule has 7 heteroatoms. The second-order valence-corrected chi connectivity index (χ2v) is 9.20. The number of hydroxylamine groups is 2. The van der Waals surface area contributed by atoms with Crippen LogP contribution in [-0.4, -0.2) is 79.1 Å². The van der Waals surface area contributed by atoms with Gasteiger partial charge < -0.3 is 4.90 Å². The Morgan fingerprint density at radius 2 is 1.47 bits per heavy atom. The average molecular weight is 439 g/mol. The smallest absolute Gasteiger partial charge is 0.277 e. The molecule has 2 aromatic carbocycles. The number of rotatable bonds is 6. The van der Waals surface area contributed by atoms with Gasteiger partial charge >= 0.3 is 0 Å². The van der Waals surface area contributed by atoms with Crippen molar-refractivity contribution >= 4 is 23.2 Å². The summed E-state index contributed by atoms with van der Waals surface area (Å²) in [6.45, 7) is 9.69. The SMILES string of the molecule is CN1CCN(CC(=O)N(c2ccccc2)c2ccc(C(=O)N(C)OC(C)(C)C)cc2)CC1. The second-order valence-electron chi connectivity index (χ2n) is 9.20. The van der Waals surface area contributed by atoms with E-state index in [9.17, 15) is 9.59 Å². The third-order valence-electron chi connectivity index (χ3n) is 5.29. The highest BCUT2D eigenvalue weighted by Crippen LogP contribution is 2.26. The van der Waals surface area contributed by atoms with Crippen molar-refractivity contribution < 1.29 is 14.4 Å². The van der Waals surface area contributed by atoms with Crippen molar-refractivity contribution in [3.63, 3.8) is 0 Å².